The highest BCUT2D eigenvalue weighted by atomic mass is 16.4. The van der Waals surface area contributed by atoms with Crippen LogP contribution in [0.3, 0.4) is 0 Å². The lowest BCUT2D eigenvalue weighted by Crippen LogP contribution is -2.22. The van der Waals surface area contributed by atoms with Gasteiger partial charge in [0.1, 0.15) is 5.76 Å². The van der Waals surface area contributed by atoms with Gasteiger partial charge in [-0.2, -0.15) is 0 Å². The zero-order valence-electron chi connectivity index (χ0n) is 10.3. The molecular weight excluding hydrogens is 246 g/mol. The third kappa shape index (κ3) is 3.01. The molecule has 0 spiro atoms. The van der Waals surface area contributed by atoms with Crippen molar-refractivity contribution < 1.29 is 19.1 Å². The minimum absolute atomic E-state index is 0.0595. The molecule has 0 aliphatic carbocycles. The molecule has 2 rings (SSSR count). The van der Waals surface area contributed by atoms with Gasteiger partial charge < -0.3 is 19.6 Å². The van der Waals surface area contributed by atoms with Crippen LogP contribution in [0, 0.1) is 0 Å². The summed E-state index contributed by atoms with van der Waals surface area (Å²) in [5.41, 5.74) is 0.550. The quantitative estimate of drug-likeness (QED) is 0.899. The fourth-order valence-corrected chi connectivity index (χ4v) is 1.57. The molecule has 0 atom stereocenters. The summed E-state index contributed by atoms with van der Waals surface area (Å²) in [4.78, 5) is 22.4. The van der Waals surface area contributed by atoms with Crippen LogP contribution < -0.4 is 10.4 Å². The minimum atomic E-state index is -1.25. The van der Waals surface area contributed by atoms with Crippen molar-refractivity contribution in [3.8, 4) is 0 Å². The van der Waals surface area contributed by atoms with Crippen LogP contribution in [-0.4, -0.2) is 11.9 Å². The molecule has 5 heteroatoms. The molecule has 1 aromatic carbocycles. The lowest BCUT2D eigenvalue weighted by molar-refractivity contribution is -0.255. The van der Waals surface area contributed by atoms with Gasteiger partial charge in [0.05, 0.1) is 5.97 Å². The van der Waals surface area contributed by atoms with Crippen molar-refractivity contribution in [3.63, 3.8) is 0 Å². The topological polar surface area (TPSA) is 82.4 Å². The molecule has 98 valence electrons. The number of aromatic carboxylic acids is 1. The average Bonchev–Trinajstić information content (AvgIpc) is 2.88. The summed E-state index contributed by atoms with van der Waals surface area (Å²) in [6, 6.07) is 9.06. The van der Waals surface area contributed by atoms with Crippen molar-refractivity contribution in [1.82, 2.24) is 0 Å². The van der Waals surface area contributed by atoms with E-state index in [4.69, 9.17) is 4.42 Å². The van der Waals surface area contributed by atoms with E-state index in [9.17, 15) is 14.7 Å². The summed E-state index contributed by atoms with van der Waals surface area (Å²) in [7, 11) is 0. The lowest BCUT2D eigenvalue weighted by Gasteiger charge is -2.05. The molecule has 0 radical (unpaired) electrons. The summed E-state index contributed by atoms with van der Waals surface area (Å²) in [5.74, 6) is -0.671. The van der Waals surface area contributed by atoms with Crippen LogP contribution in [0.15, 0.2) is 40.8 Å². The van der Waals surface area contributed by atoms with E-state index in [1.165, 1.54) is 24.3 Å². The van der Waals surface area contributed by atoms with Crippen LogP contribution in [0.5, 0.6) is 0 Å². The Bertz CT molecular complexity index is 598. The summed E-state index contributed by atoms with van der Waals surface area (Å²) in [5, 5.41) is 13.2. The standard InChI is InChI=1S/C14H13NO4/c1-2-11-7-8-12(19-11)13(16)15-10-5-3-9(4-6-10)14(17)18/h3-8H,2H2,1H3,(H,15,16)(H,17,18)/p-1. The highest BCUT2D eigenvalue weighted by Gasteiger charge is 2.10. The maximum atomic E-state index is 11.8. The van der Waals surface area contributed by atoms with Crippen LogP contribution in [0.25, 0.3) is 0 Å². The van der Waals surface area contributed by atoms with Crippen molar-refractivity contribution in [3.05, 3.63) is 53.5 Å². The smallest absolute Gasteiger partial charge is 0.291 e. The molecule has 1 heterocycles. The second kappa shape index (κ2) is 5.39. The fourth-order valence-electron chi connectivity index (χ4n) is 1.57. The van der Waals surface area contributed by atoms with Crippen molar-refractivity contribution in [2.24, 2.45) is 0 Å². The third-order valence-corrected chi connectivity index (χ3v) is 2.61. The normalized spacial score (nSPS) is 10.2. The van der Waals surface area contributed by atoms with Crippen molar-refractivity contribution in [2.75, 3.05) is 5.32 Å². The Hall–Kier alpha value is -2.56. The first kappa shape index (κ1) is 12.9. The van der Waals surface area contributed by atoms with Gasteiger partial charge in [-0.05, 0) is 29.8 Å². The van der Waals surface area contributed by atoms with Crippen molar-refractivity contribution >= 4 is 17.6 Å². The molecule has 0 saturated heterocycles. The molecule has 2 aromatic rings. The van der Waals surface area contributed by atoms with E-state index in [-0.39, 0.29) is 17.2 Å². The van der Waals surface area contributed by atoms with E-state index >= 15 is 0 Å². The Labute approximate surface area is 109 Å². The number of hydrogen-bond donors (Lipinski definition) is 1. The number of carboxylic acids is 1. The fraction of sp³-hybridized carbons (Fsp3) is 0.143. The number of furan rings is 1. The number of anilines is 1. The number of carbonyl (C=O) groups excluding carboxylic acids is 2. The molecule has 1 amide bonds. The molecule has 0 aliphatic heterocycles. The Balaban J connectivity index is 2.08. The minimum Gasteiger partial charge on any atom is -0.545 e. The van der Waals surface area contributed by atoms with E-state index < -0.39 is 5.97 Å². The Morgan fingerprint density at radius 3 is 2.37 bits per heavy atom. The molecule has 19 heavy (non-hydrogen) atoms. The number of benzene rings is 1. The number of rotatable bonds is 4. The van der Waals surface area contributed by atoms with Crippen LogP contribution in [0.4, 0.5) is 5.69 Å². The van der Waals surface area contributed by atoms with Crippen LogP contribution in [0.1, 0.15) is 33.6 Å². The molecule has 0 aliphatic rings. The van der Waals surface area contributed by atoms with Gasteiger partial charge in [0.15, 0.2) is 5.76 Å². The Morgan fingerprint density at radius 1 is 1.16 bits per heavy atom. The summed E-state index contributed by atoms with van der Waals surface area (Å²) in [6.07, 6.45) is 0.716. The summed E-state index contributed by atoms with van der Waals surface area (Å²) >= 11 is 0. The maximum absolute atomic E-state index is 11.8. The summed E-state index contributed by atoms with van der Waals surface area (Å²) in [6.45, 7) is 1.93. The van der Waals surface area contributed by atoms with Crippen LogP contribution in [0.2, 0.25) is 0 Å². The molecule has 1 aromatic heterocycles. The number of carbonyl (C=O) groups is 2. The predicted octanol–water partition coefficient (Wildman–Crippen LogP) is 1.46. The summed E-state index contributed by atoms with van der Waals surface area (Å²) < 4.78 is 5.31. The molecule has 0 saturated carbocycles. The van der Waals surface area contributed by atoms with Gasteiger partial charge in [-0.3, -0.25) is 4.79 Å². The Kier molecular flexibility index (Phi) is 3.66. The van der Waals surface area contributed by atoms with Crippen molar-refractivity contribution in [1.29, 1.82) is 0 Å². The highest BCUT2D eigenvalue weighted by molar-refractivity contribution is 6.02. The Morgan fingerprint density at radius 2 is 1.84 bits per heavy atom. The van der Waals surface area contributed by atoms with E-state index in [1.54, 1.807) is 12.1 Å². The molecule has 0 fully saturated rings. The number of nitrogens with one attached hydrogen (secondary N) is 1. The van der Waals surface area contributed by atoms with Crippen LogP contribution >= 0.6 is 0 Å². The molecule has 0 unspecified atom stereocenters. The third-order valence-electron chi connectivity index (χ3n) is 2.61. The van der Waals surface area contributed by atoms with E-state index in [2.05, 4.69) is 5.32 Å². The van der Waals surface area contributed by atoms with Gasteiger partial charge in [0, 0.05) is 12.1 Å². The zero-order valence-corrected chi connectivity index (χ0v) is 10.3. The van der Waals surface area contributed by atoms with Gasteiger partial charge in [0.25, 0.3) is 5.91 Å². The maximum Gasteiger partial charge on any atom is 0.291 e. The van der Waals surface area contributed by atoms with E-state index in [1.807, 2.05) is 6.92 Å². The largest absolute Gasteiger partial charge is 0.545 e. The lowest BCUT2D eigenvalue weighted by atomic mass is 10.2. The second-order valence-electron chi connectivity index (χ2n) is 3.94. The number of amides is 1. The number of aryl methyl sites for hydroxylation is 1. The first-order valence-corrected chi connectivity index (χ1v) is 5.81. The van der Waals surface area contributed by atoms with Gasteiger partial charge in [-0.1, -0.05) is 19.1 Å². The van der Waals surface area contributed by atoms with Gasteiger partial charge in [-0.25, -0.2) is 0 Å². The van der Waals surface area contributed by atoms with Crippen molar-refractivity contribution in [2.45, 2.75) is 13.3 Å². The molecular formula is C14H12NO4-. The SMILES string of the molecule is CCc1ccc(C(=O)Nc2ccc(C(=O)[O-])cc2)o1. The van der Waals surface area contributed by atoms with Gasteiger partial charge in [-0.15, -0.1) is 0 Å². The second-order valence-corrected chi connectivity index (χ2v) is 3.94. The first-order valence-electron chi connectivity index (χ1n) is 5.81. The highest BCUT2D eigenvalue weighted by Crippen LogP contribution is 2.13. The van der Waals surface area contributed by atoms with Gasteiger partial charge in [0.2, 0.25) is 0 Å². The monoisotopic (exact) mass is 258 g/mol. The van der Waals surface area contributed by atoms with E-state index in [0.29, 0.717) is 12.1 Å². The first-order chi connectivity index (χ1) is 9.10. The molecule has 5 nitrogen and oxygen atoms in total. The van der Waals surface area contributed by atoms with Crippen LogP contribution in [-0.2, 0) is 6.42 Å². The predicted molar refractivity (Wildman–Crippen MR) is 66.8 cm³/mol. The van der Waals surface area contributed by atoms with Gasteiger partial charge >= 0.3 is 0 Å². The number of hydrogen-bond acceptors (Lipinski definition) is 4. The van der Waals surface area contributed by atoms with E-state index in [0.717, 1.165) is 5.76 Å². The average molecular weight is 258 g/mol. The zero-order chi connectivity index (χ0) is 13.8. The number of carboxylic acid groups (broad SMARTS) is 1. The molecule has 1 N–H and O–H groups in total. The molecule has 0 bridgehead atoms.